The van der Waals surface area contributed by atoms with Crippen molar-refractivity contribution >= 4 is 39.3 Å². The molecule has 0 radical (unpaired) electrons. The molecule has 1 unspecified atom stereocenters. The Bertz CT molecular complexity index is 416. The van der Waals surface area contributed by atoms with Crippen LogP contribution in [0.15, 0.2) is 24.3 Å². The molecule has 1 aromatic carbocycles. The third-order valence-electron chi connectivity index (χ3n) is 3.11. The third-order valence-corrected chi connectivity index (χ3v) is 5.23. The average Bonchev–Trinajstić information content (AvgIpc) is 2.78. The van der Waals surface area contributed by atoms with E-state index in [2.05, 4.69) is 21.2 Å². The highest BCUT2D eigenvalue weighted by Crippen LogP contribution is 2.38. The second-order valence-corrected chi connectivity index (χ2v) is 6.59. The van der Waals surface area contributed by atoms with Gasteiger partial charge in [0.25, 0.3) is 0 Å². The number of amides is 1. The minimum absolute atomic E-state index is 0.133. The maximum atomic E-state index is 12.3. The first-order valence-electron chi connectivity index (χ1n) is 5.75. The number of rotatable bonds is 3. The maximum Gasteiger partial charge on any atom is 0.240 e. The molecular formula is C13H16BrNOS. The lowest BCUT2D eigenvalue weighted by Crippen LogP contribution is -2.34. The number of anilines is 1. The predicted octanol–water partition coefficient (Wildman–Crippen LogP) is 3.81. The van der Waals surface area contributed by atoms with Gasteiger partial charge in [0.15, 0.2) is 0 Å². The van der Waals surface area contributed by atoms with Crippen LogP contribution in [-0.4, -0.2) is 16.4 Å². The van der Waals surface area contributed by atoms with Crippen molar-refractivity contribution in [2.24, 2.45) is 0 Å². The molecule has 92 valence electrons. The molecule has 1 aromatic rings. The molecule has 1 aliphatic rings. The number of alkyl halides is 1. The van der Waals surface area contributed by atoms with E-state index >= 15 is 0 Å². The van der Waals surface area contributed by atoms with Gasteiger partial charge in [-0.25, -0.2) is 0 Å². The Kier molecular flexibility index (Phi) is 4.15. The monoisotopic (exact) mass is 313 g/mol. The summed E-state index contributed by atoms with van der Waals surface area (Å²) in [5, 5.41) is 3.81. The first kappa shape index (κ1) is 13.0. The van der Waals surface area contributed by atoms with Gasteiger partial charge in [-0.15, -0.1) is 11.8 Å². The summed E-state index contributed by atoms with van der Waals surface area (Å²) in [5.74, 6) is 1.22. The number of carbonyl (C=O) groups excluding carboxylic acids is 1. The van der Waals surface area contributed by atoms with Crippen LogP contribution in [0.2, 0.25) is 0 Å². The number of hydrogen-bond donors (Lipinski definition) is 1. The van der Waals surface area contributed by atoms with Crippen molar-refractivity contribution in [2.75, 3.05) is 11.1 Å². The summed E-state index contributed by atoms with van der Waals surface area (Å²) in [6.07, 6.45) is 2.11. The highest BCUT2D eigenvalue weighted by molar-refractivity contribution is 9.08. The number of thioether (sulfide) groups is 1. The van der Waals surface area contributed by atoms with Crippen LogP contribution in [0.3, 0.4) is 0 Å². The molecule has 0 aliphatic carbocycles. The van der Waals surface area contributed by atoms with Crippen LogP contribution in [0.1, 0.15) is 25.3 Å². The van der Waals surface area contributed by atoms with Crippen LogP contribution in [0.25, 0.3) is 0 Å². The number of carbonyl (C=O) groups is 1. The molecular weight excluding hydrogens is 298 g/mol. The van der Waals surface area contributed by atoms with E-state index in [4.69, 9.17) is 0 Å². The molecule has 17 heavy (non-hydrogen) atoms. The van der Waals surface area contributed by atoms with E-state index in [-0.39, 0.29) is 10.7 Å². The number of nitrogens with one attached hydrogen (secondary N) is 1. The fourth-order valence-electron chi connectivity index (χ4n) is 1.97. The minimum atomic E-state index is -0.251. The van der Waals surface area contributed by atoms with E-state index in [1.165, 1.54) is 0 Å². The fraction of sp³-hybridized carbons (Fsp3) is 0.462. The topological polar surface area (TPSA) is 29.1 Å². The summed E-state index contributed by atoms with van der Waals surface area (Å²) in [6, 6.07) is 7.91. The van der Waals surface area contributed by atoms with Crippen molar-refractivity contribution in [1.29, 1.82) is 0 Å². The van der Waals surface area contributed by atoms with Gasteiger partial charge in [-0.3, -0.25) is 4.79 Å². The van der Waals surface area contributed by atoms with E-state index in [9.17, 15) is 4.79 Å². The van der Waals surface area contributed by atoms with Crippen molar-refractivity contribution in [1.82, 2.24) is 0 Å². The highest BCUT2D eigenvalue weighted by Gasteiger charge is 2.37. The fourth-order valence-corrected chi connectivity index (χ4v) is 3.67. The zero-order valence-corrected chi connectivity index (χ0v) is 12.2. The molecule has 1 atom stereocenters. The third kappa shape index (κ3) is 2.86. The van der Waals surface area contributed by atoms with Crippen molar-refractivity contribution in [3.05, 3.63) is 29.8 Å². The van der Waals surface area contributed by atoms with Crippen LogP contribution < -0.4 is 5.32 Å². The van der Waals surface area contributed by atoms with Gasteiger partial charge in [0, 0.05) is 11.0 Å². The van der Waals surface area contributed by atoms with E-state index in [0.29, 0.717) is 0 Å². The van der Waals surface area contributed by atoms with Crippen LogP contribution in [0.4, 0.5) is 5.69 Å². The van der Waals surface area contributed by atoms with E-state index in [1.54, 1.807) is 11.8 Å². The lowest BCUT2D eigenvalue weighted by molar-refractivity contribution is -0.118. The Balaban J connectivity index is 2.12. The highest BCUT2D eigenvalue weighted by atomic mass is 79.9. The maximum absolute atomic E-state index is 12.3. The smallest absolute Gasteiger partial charge is 0.240 e. The Morgan fingerprint density at radius 2 is 2.29 bits per heavy atom. The molecule has 1 aliphatic heterocycles. The van der Waals surface area contributed by atoms with Gasteiger partial charge in [-0.2, -0.15) is 0 Å². The lowest BCUT2D eigenvalue weighted by atomic mass is 10.0. The molecule has 2 rings (SSSR count). The Hall–Kier alpha value is -0.480. The summed E-state index contributed by atoms with van der Waals surface area (Å²) < 4.78 is -0.251. The number of halogens is 1. The molecule has 1 saturated heterocycles. The van der Waals surface area contributed by atoms with Crippen molar-refractivity contribution in [3.63, 3.8) is 0 Å². The number of benzene rings is 1. The van der Waals surface area contributed by atoms with Gasteiger partial charge in [0.05, 0.1) is 4.75 Å². The molecule has 0 saturated carbocycles. The molecule has 1 amide bonds. The first-order valence-corrected chi connectivity index (χ1v) is 7.86. The molecule has 1 fully saturated rings. The summed E-state index contributed by atoms with van der Waals surface area (Å²) in [4.78, 5) is 12.3. The molecule has 0 bridgehead atoms. The molecule has 1 heterocycles. The second-order valence-electron chi connectivity index (χ2n) is 4.43. The SMILES string of the molecule is CC1(C(=O)Nc2ccccc2CBr)CCCS1. The van der Waals surface area contributed by atoms with E-state index in [1.807, 2.05) is 31.2 Å². The van der Waals surface area contributed by atoms with Crippen LogP contribution >= 0.6 is 27.7 Å². The van der Waals surface area contributed by atoms with Gasteiger partial charge < -0.3 is 5.32 Å². The molecule has 2 nitrogen and oxygen atoms in total. The molecule has 0 spiro atoms. The molecule has 1 N–H and O–H groups in total. The summed E-state index contributed by atoms with van der Waals surface area (Å²) >= 11 is 5.20. The number of hydrogen-bond acceptors (Lipinski definition) is 2. The van der Waals surface area contributed by atoms with Gasteiger partial charge in [-0.05, 0) is 37.1 Å². The Morgan fingerprint density at radius 3 is 2.94 bits per heavy atom. The standard InChI is InChI=1S/C13H16BrNOS/c1-13(7-4-8-17-13)12(16)15-11-6-3-2-5-10(11)9-14/h2-3,5-6H,4,7-9H2,1H3,(H,15,16). The zero-order chi connectivity index (χ0) is 12.3. The van der Waals surface area contributed by atoms with Crippen molar-refractivity contribution in [3.8, 4) is 0 Å². The molecule has 0 aromatic heterocycles. The zero-order valence-electron chi connectivity index (χ0n) is 9.83. The quantitative estimate of drug-likeness (QED) is 0.860. The van der Waals surface area contributed by atoms with Gasteiger partial charge in [-0.1, -0.05) is 34.1 Å². The predicted molar refractivity (Wildman–Crippen MR) is 77.8 cm³/mol. The Morgan fingerprint density at radius 1 is 1.53 bits per heavy atom. The average molecular weight is 314 g/mol. The van der Waals surface area contributed by atoms with Gasteiger partial charge >= 0.3 is 0 Å². The number of para-hydroxylation sites is 1. The lowest BCUT2D eigenvalue weighted by Gasteiger charge is -2.22. The van der Waals surface area contributed by atoms with Crippen molar-refractivity contribution < 1.29 is 4.79 Å². The van der Waals surface area contributed by atoms with Crippen LogP contribution in [-0.2, 0) is 10.1 Å². The van der Waals surface area contributed by atoms with Crippen LogP contribution in [0.5, 0.6) is 0 Å². The minimum Gasteiger partial charge on any atom is -0.325 e. The normalized spacial score (nSPS) is 23.6. The van der Waals surface area contributed by atoms with E-state index in [0.717, 1.165) is 35.2 Å². The summed E-state index contributed by atoms with van der Waals surface area (Å²) in [6.45, 7) is 2.04. The second kappa shape index (κ2) is 5.44. The summed E-state index contributed by atoms with van der Waals surface area (Å²) in [7, 11) is 0. The van der Waals surface area contributed by atoms with Crippen molar-refractivity contribution in [2.45, 2.75) is 29.8 Å². The first-order chi connectivity index (χ1) is 8.15. The van der Waals surface area contributed by atoms with Gasteiger partial charge in [0.1, 0.15) is 0 Å². The van der Waals surface area contributed by atoms with Crippen LogP contribution in [0, 0.1) is 0 Å². The van der Waals surface area contributed by atoms with E-state index < -0.39 is 0 Å². The Labute approximate surface area is 115 Å². The molecule has 4 heteroatoms. The van der Waals surface area contributed by atoms with Gasteiger partial charge in [0.2, 0.25) is 5.91 Å². The summed E-state index contributed by atoms with van der Waals surface area (Å²) in [5.41, 5.74) is 2.04. The largest absolute Gasteiger partial charge is 0.325 e.